The fourth-order valence-corrected chi connectivity index (χ4v) is 3.40. The Morgan fingerprint density at radius 2 is 2.24 bits per heavy atom. The number of aryl methyl sites for hydroxylation is 1. The van der Waals surface area contributed by atoms with Gasteiger partial charge in [0.2, 0.25) is 0 Å². The maximum atomic E-state index is 4.70. The number of aromatic nitrogens is 2. The summed E-state index contributed by atoms with van der Waals surface area (Å²) in [4.78, 5) is 11.3. The molecule has 0 saturated heterocycles. The Kier molecular flexibility index (Phi) is 4.65. The van der Waals surface area contributed by atoms with Crippen LogP contribution in [-0.2, 0) is 13.0 Å². The molecule has 0 atom stereocenters. The average Bonchev–Trinajstić information content (AvgIpc) is 2.97. The molecule has 0 saturated carbocycles. The minimum atomic E-state index is 0.938. The van der Waals surface area contributed by atoms with Crippen molar-refractivity contribution >= 4 is 22.7 Å². The SMILES string of the molecule is CCCNCc1sc(-c2cncs2)nc1CC. The lowest BCUT2D eigenvalue weighted by molar-refractivity contribution is 0.677. The standard InChI is InChI=1S/C12H17N3S2/c1-3-5-13-6-10-9(4-2)15-12(17-10)11-7-14-8-16-11/h7-8,13H,3-6H2,1-2H3. The van der Waals surface area contributed by atoms with Crippen LogP contribution in [0.15, 0.2) is 11.7 Å². The van der Waals surface area contributed by atoms with Crippen molar-refractivity contribution in [1.29, 1.82) is 0 Å². The minimum absolute atomic E-state index is 0.938. The summed E-state index contributed by atoms with van der Waals surface area (Å²) >= 11 is 3.44. The van der Waals surface area contributed by atoms with Gasteiger partial charge in [-0.25, -0.2) is 4.98 Å². The fraction of sp³-hybridized carbons (Fsp3) is 0.500. The number of hydrogen-bond acceptors (Lipinski definition) is 5. The van der Waals surface area contributed by atoms with Crippen molar-refractivity contribution in [3.63, 3.8) is 0 Å². The van der Waals surface area contributed by atoms with Gasteiger partial charge in [0.1, 0.15) is 5.01 Å². The largest absolute Gasteiger partial charge is 0.312 e. The van der Waals surface area contributed by atoms with Gasteiger partial charge in [-0.3, -0.25) is 4.98 Å². The van der Waals surface area contributed by atoms with Crippen LogP contribution in [0.4, 0.5) is 0 Å². The molecule has 2 heterocycles. The van der Waals surface area contributed by atoms with Gasteiger partial charge < -0.3 is 5.32 Å². The van der Waals surface area contributed by atoms with E-state index in [2.05, 4.69) is 24.1 Å². The predicted molar refractivity (Wildman–Crippen MR) is 74.6 cm³/mol. The molecule has 17 heavy (non-hydrogen) atoms. The van der Waals surface area contributed by atoms with Gasteiger partial charge in [0.15, 0.2) is 0 Å². The van der Waals surface area contributed by atoms with E-state index >= 15 is 0 Å². The van der Waals surface area contributed by atoms with E-state index in [9.17, 15) is 0 Å². The molecular formula is C12H17N3S2. The highest BCUT2D eigenvalue weighted by Gasteiger charge is 2.11. The van der Waals surface area contributed by atoms with Crippen molar-refractivity contribution in [3.05, 3.63) is 22.3 Å². The first-order valence-electron chi connectivity index (χ1n) is 5.93. The van der Waals surface area contributed by atoms with Gasteiger partial charge in [0.05, 0.1) is 16.1 Å². The highest BCUT2D eigenvalue weighted by Crippen LogP contribution is 2.30. The zero-order valence-electron chi connectivity index (χ0n) is 10.2. The monoisotopic (exact) mass is 267 g/mol. The molecule has 1 N–H and O–H groups in total. The third kappa shape index (κ3) is 3.12. The van der Waals surface area contributed by atoms with Crippen LogP contribution < -0.4 is 5.32 Å². The molecule has 0 aliphatic rings. The number of nitrogens with zero attached hydrogens (tertiary/aromatic N) is 2. The first kappa shape index (κ1) is 12.7. The number of thiazole rings is 2. The molecule has 2 aromatic rings. The van der Waals surface area contributed by atoms with Crippen molar-refractivity contribution in [2.75, 3.05) is 6.54 Å². The average molecular weight is 267 g/mol. The summed E-state index contributed by atoms with van der Waals surface area (Å²) in [6, 6.07) is 0. The van der Waals surface area contributed by atoms with Crippen LogP contribution in [0.2, 0.25) is 0 Å². The number of nitrogens with one attached hydrogen (secondary N) is 1. The summed E-state index contributed by atoms with van der Waals surface area (Å²) in [5, 5.41) is 4.55. The van der Waals surface area contributed by atoms with E-state index in [4.69, 9.17) is 4.98 Å². The topological polar surface area (TPSA) is 37.8 Å². The van der Waals surface area contributed by atoms with Gasteiger partial charge in [0, 0.05) is 17.6 Å². The van der Waals surface area contributed by atoms with Crippen LogP contribution in [0.25, 0.3) is 9.88 Å². The van der Waals surface area contributed by atoms with Crippen LogP contribution >= 0.6 is 22.7 Å². The van der Waals surface area contributed by atoms with Crippen molar-refractivity contribution in [2.24, 2.45) is 0 Å². The maximum absolute atomic E-state index is 4.70. The lowest BCUT2D eigenvalue weighted by atomic mass is 10.3. The second kappa shape index (κ2) is 6.23. The molecule has 92 valence electrons. The Bertz CT molecular complexity index is 448. The molecule has 2 aromatic heterocycles. The summed E-state index contributed by atoms with van der Waals surface area (Å²) in [6.07, 6.45) is 4.06. The van der Waals surface area contributed by atoms with Crippen molar-refractivity contribution in [3.8, 4) is 9.88 Å². The predicted octanol–water partition coefficient (Wildman–Crippen LogP) is 3.33. The van der Waals surface area contributed by atoms with Crippen LogP contribution in [-0.4, -0.2) is 16.5 Å². The Morgan fingerprint density at radius 3 is 2.88 bits per heavy atom. The summed E-state index contributed by atoms with van der Waals surface area (Å²) < 4.78 is 0. The summed E-state index contributed by atoms with van der Waals surface area (Å²) in [5.74, 6) is 0. The molecule has 0 aliphatic carbocycles. The Morgan fingerprint density at radius 1 is 1.35 bits per heavy atom. The van der Waals surface area contributed by atoms with E-state index < -0.39 is 0 Å². The highest BCUT2D eigenvalue weighted by molar-refractivity contribution is 7.20. The van der Waals surface area contributed by atoms with Gasteiger partial charge >= 0.3 is 0 Å². The zero-order valence-corrected chi connectivity index (χ0v) is 11.8. The molecule has 2 rings (SSSR count). The third-order valence-electron chi connectivity index (χ3n) is 2.47. The quantitative estimate of drug-likeness (QED) is 0.816. The number of hydrogen-bond donors (Lipinski definition) is 1. The Hall–Kier alpha value is -0.780. The summed E-state index contributed by atoms with van der Waals surface area (Å²) in [6.45, 7) is 6.35. The van der Waals surface area contributed by atoms with E-state index in [1.807, 2.05) is 11.7 Å². The lowest BCUT2D eigenvalue weighted by Gasteiger charge is -2.01. The molecule has 0 radical (unpaired) electrons. The fourth-order valence-electron chi connectivity index (χ4n) is 1.60. The van der Waals surface area contributed by atoms with Crippen molar-refractivity contribution < 1.29 is 0 Å². The second-order valence-corrected chi connectivity index (χ2v) is 5.75. The van der Waals surface area contributed by atoms with Gasteiger partial charge in [-0.2, -0.15) is 0 Å². The van der Waals surface area contributed by atoms with Crippen molar-refractivity contribution in [2.45, 2.75) is 33.2 Å². The molecule has 0 fully saturated rings. The van der Waals surface area contributed by atoms with E-state index in [-0.39, 0.29) is 0 Å². The van der Waals surface area contributed by atoms with E-state index in [1.54, 1.807) is 22.7 Å². The van der Waals surface area contributed by atoms with Gasteiger partial charge in [-0.05, 0) is 19.4 Å². The molecule has 3 nitrogen and oxygen atoms in total. The van der Waals surface area contributed by atoms with E-state index in [1.165, 1.54) is 21.9 Å². The minimum Gasteiger partial charge on any atom is -0.312 e. The smallest absolute Gasteiger partial charge is 0.135 e. The van der Waals surface area contributed by atoms with Gasteiger partial charge in [-0.15, -0.1) is 22.7 Å². The molecule has 0 unspecified atom stereocenters. The molecule has 5 heteroatoms. The van der Waals surface area contributed by atoms with Crippen LogP contribution in [0, 0.1) is 0 Å². The highest BCUT2D eigenvalue weighted by atomic mass is 32.1. The van der Waals surface area contributed by atoms with Gasteiger partial charge in [-0.1, -0.05) is 13.8 Å². The third-order valence-corrected chi connectivity index (χ3v) is 4.51. The first-order chi connectivity index (χ1) is 8.35. The molecule has 0 spiro atoms. The first-order valence-corrected chi connectivity index (χ1v) is 7.62. The summed E-state index contributed by atoms with van der Waals surface area (Å²) in [5.41, 5.74) is 3.08. The molecule has 0 amide bonds. The van der Waals surface area contributed by atoms with Gasteiger partial charge in [0.25, 0.3) is 0 Å². The van der Waals surface area contributed by atoms with Crippen molar-refractivity contribution in [1.82, 2.24) is 15.3 Å². The lowest BCUT2D eigenvalue weighted by Crippen LogP contribution is -2.13. The normalized spacial score (nSPS) is 10.9. The molecular weight excluding hydrogens is 250 g/mol. The Balaban J connectivity index is 2.15. The van der Waals surface area contributed by atoms with E-state index in [0.29, 0.717) is 0 Å². The molecule has 0 bridgehead atoms. The second-order valence-electron chi connectivity index (χ2n) is 3.78. The summed E-state index contributed by atoms with van der Waals surface area (Å²) in [7, 11) is 0. The molecule has 0 aromatic carbocycles. The van der Waals surface area contributed by atoms with E-state index in [0.717, 1.165) is 24.5 Å². The maximum Gasteiger partial charge on any atom is 0.135 e. The van der Waals surface area contributed by atoms with Crippen LogP contribution in [0.5, 0.6) is 0 Å². The zero-order chi connectivity index (χ0) is 12.1. The van der Waals surface area contributed by atoms with Crippen LogP contribution in [0.3, 0.4) is 0 Å². The Labute approximate surface area is 110 Å². The number of rotatable bonds is 6. The van der Waals surface area contributed by atoms with Crippen LogP contribution in [0.1, 0.15) is 30.8 Å². The molecule has 0 aliphatic heterocycles.